The summed E-state index contributed by atoms with van der Waals surface area (Å²) in [6.45, 7) is 7.45. The number of hydrogen-bond acceptors (Lipinski definition) is 6. The van der Waals surface area contributed by atoms with Crippen LogP contribution < -0.4 is 0 Å². The molecule has 0 saturated heterocycles. The first-order valence-corrected chi connectivity index (χ1v) is 9.09. The molecule has 0 radical (unpaired) electrons. The molecule has 0 bridgehead atoms. The molecule has 136 valence electrons. The fourth-order valence-electron chi connectivity index (χ4n) is 2.56. The van der Waals surface area contributed by atoms with Crippen molar-refractivity contribution < 1.29 is 19.1 Å². The van der Waals surface area contributed by atoms with Crippen LogP contribution in [0.15, 0.2) is 36.7 Å². The Morgan fingerprint density at radius 3 is 2.62 bits per heavy atom. The Balaban J connectivity index is 2.21. The second-order valence-corrected chi connectivity index (χ2v) is 7.67. The first-order chi connectivity index (χ1) is 12.3. The summed E-state index contributed by atoms with van der Waals surface area (Å²) < 4.78 is 12.9. The molecule has 0 amide bonds. The van der Waals surface area contributed by atoms with Gasteiger partial charge in [-0.2, -0.15) is 0 Å². The number of rotatable bonds is 3. The van der Waals surface area contributed by atoms with Crippen molar-refractivity contribution in [2.75, 3.05) is 6.61 Å². The zero-order chi connectivity index (χ0) is 18.9. The summed E-state index contributed by atoms with van der Waals surface area (Å²) in [5, 5.41) is 0. The highest BCUT2D eigenvalue weighted by Gasteiger charge is 2.27. The lowest BCUT2D eigenvalue weighted by Gasteiger charge is -2.20. The second-order valence-electron chi connectivity index (χ2n) is 6.62. The predicted octanol–water partition coefficient (Wildman–Crippen LogP) is 4.72. The third kappa shape index (κ3) is 3.48. The average molecular weight is 372 g/mol. The van der Waals surface area contributed by atoms with Crippen molar-refractivity contribution in [2.45, 2.75) is 33.3 Å². The van der Waals surface area contributed by atoms with E-state index >= 15 is 0 Å². The molecule has 0 saturated carbocycles. The maximum Gasteiger partial charge on any atom is 0.419 e. The fourth-order valence-corrected chi connectivity index (χ4v) is 3.65. The van der Waals surface area contributed by atoms with Crippen LogP contribution in [-0.4, -0.2) is 33.8 Å². The smallest absolute Gasteiger partial charge is 0.419 e. The van der Waals surface area contributed by atoms with Gasteiger partial charge in [0.05, 0.1) is 28.1 Å². The number of esters is 1. The van der Waals surface area contributed by atoms with Crippen LogP contribution in [0.5, 0.6) is 0 Å². The van der Waals surface area contributed by atoms with Gasteiger partial charge < -0.3 is 9.47 Å². The summed E-state index contributed by atoms with van der Waals surface area (Å²) in [5.74, 6) is -0.426. The highest BCUT2D eigenvalue weighted by atomic mass is 32.1. The minimum atomic E-state index is -0.626. The van der Waals surface area contributed by atoms with Crippen LogP contribution in [0.1, 0.15) is 37.4 Å². The minimum Gasteiger partial charge on any atom is -0.462 e. The van der Waals surface area contributed by atoms with E-state index in [9.17, 15) is 9.59 Å². The van der Waals surface area contributed by atoms with Gasteiger partial charge in [-0.3, -0.25) is 9.55 Å². The van der Waals surface area contributed by atoms with Gasteiger partial charge in [0.15, 0.2) is 0 Å². The molecule has 0 N–H and O–H groups in total. The van der Waals surface area contributed by atoms with Gasteiger partial charge in [-0.1, -0.05) is 6.07 Å². The molecule has 3 heterocycles. The standard InChI is InChI=1S/C19H20N2O4S/c1-5-24-17(22)16-14(12-8-6-7-10-20-12)15-13(26-16)9-11-21(15)18(23)25-19(2,3)4/h6-11H,5H2,1-4H3. The summed E-state index contributed by atoms with van der Waals surface area (Å²) >= 11 is 1.28. The number of nitrogens with zero attached hydrogens (tertiary/aromatic N) is 2. The van der Waals surface area contributed by atoms with Crippen molar-refractivity contribution in [3.05, 3.63) is 41.5 Å². The van der Waals surface area contributed by atoms with Crippen LogP contribution in [0.25, 0.3) is 21.5 Å². The van der Waals surface area contributed by atoms with Crippen molar-refractivity contribution in [1.29, 1.82) is 0 Å². The van der Waals surface area contributed by atoms with Gasteiger partial charge in [-0.05, 0) is 45.9 Å². The maximum absolute atomic E-state index is 12.6. The van der Waals surface area contributed by atoms with Crippen LogP contribution in [0, 0.1) is 0 Å². The summed E-state index contributed by atoms with van der Waals surface area (Å²) in [6, 6.07) is 7.22. The molecule has 0 aliphatic carbocycles. The van der Waals surface area contributed by atoms with E-state index in [1.165, 1.54) is 15.9 Å². The molecule has 3 aromatic heterocycles. The van der Waals surface area contributed by atoms with Crippen molar-refractivity contribution in [1.82, 2.24) is 9.55 Å². The SMILES string of the molecule is CCOC(=O)c1sc2ccn(C(=O)OC(C)(C)C)c2c1-c1ccccn1. The lowest BCUT2D eigenvalue weighted by Crippen LogP contribution is -2.26. The van der Waals surface area contributed by atoms with Gasteiger partial charge in [-0.25, -0.2) is 9.59 Å². The monoisotopic (exact) mass is 372 g/mol. The van der Waals surface area contributed by atoms with Crippen LogP contribution in [-0.2, 0) is 9.47 Å². The largest absolute Gasteiger partial charge is 0.462 e. The first kappa shape index (κ1) is 18.1. The number of fused-ring (bicyclic) bond motifs is 1. The summed E-state index contributed by atoms with van der Waals surface area (Å²) in [6.07, 6.45) is 2.79. The fraction of sp³-hybridized carbons (Fsp3) is 0.316. The van der Waals surface area contributed by atoms with E-state index in [1.807, 2.05) is 26.8 Å². The normalized spacial score (nSPS) is 11.5. The number of carbonyl (C=O) groups excluding carboxylic acids is 2. The highest BCUT2D eigenvalue weighted by molar-refractivity contribution is 7.21. The zero-order valence-corrected chi connectivity index (χ0v) is 15.9. The van der Waals surface area contributed by atoms with Crippen molar-refractivity contribution in [2.24, 2.45) is 0 Å². The third-order valence-electron chi connectivity index (χ3n) is 3.50. The summed E-state index contributed by atoms with van der Waals surface area (Å²) in [5.41, 5.74) is 1.16. The van der Waals surface area contributed by atoms with Gasteiger partial charge in [0.25, 0.3) is 0 Å². The number of thiophene rings is 1. The maximum atomic E-state index is 12.6. The molecule has 0 aliphatic rings. The third-order valence-corrected chi connectivity index (χ3v) is 4.62. The molecule has 0 fully saturated rings. The molecule has 6 nitrogen and oxygen atoms in total. The van der Waals surface area contributed by atoms with Gasteiger partial charge in [0, 0.05) is 12.4 Å². The molecule has 0 aromatic carbocycles. The number of ether oxygens (including phenoxy) is 2. The molecular weight excluding hydrogens is 352 g/mol. The van der Waals surface area contributed by atoms with E-state index in [4.69, 9.17) is 9.47 Å². The highest BCUT2D eigenvalue weighted by Crippen LogP contribution is 2.39. The number of pyridine rings is 1. The summed E-state index contributed by atoms with van der Waals surface area (Å²) in [4.78, 5) is 29.9. The van der Waals surface area contributed by atoms with Gasteiger partial charge in [0.2, 0.25) is 0 Å². The first-order valence-electron chi connectivity index (χ1n) is 8.27. The minimum absolute atomic E-state index is 0.272. The van der Waals surface area contributed by atoms with E-state index in [2.05, 4.69) is 4.98 Å². The van der Waals surface area contributed by atoms with Gasteiger partial charge in [0.1, 0.15) is 10.5 Å². The molecule has 0 spiro atoms. The second kappa shape index (κ2) is 6.92. The van der Waals surface area contributed by atoms with Crippen molar-refractivity contribution >= 4 is 33.6 Å². The van der Waals surface area contributed by atoms with Crippen molar-refractivity contribution in [3.8, 4) is 11.3 Å². The molecular formula is C19H20N2O4S. The summed E-state index contributed by atoms with van der Waals surface area (Å²) in [7, 11) is 0. The Morgan fingerprint density at radius 2 is 2.00 bits per heavy atom. The van der Waals surface area contributed by atoms with E-state index in [1.54, 1.807) is 37.5 Å². The van der Waals surface area contributed by atoms with Crippen LogP contribution in [0.4, 0.5) is 4.79 Å². The topological polar surface area (TPSA) is 70.4 Å². The Hall–Kier alpha value is -2.67. The Morgan fingerprint density at radius 1 is 1.23 bits per heavy atom. The molecule has 0 unspecified atom stereocenters. The zero-order valence-electron chi connectivity index (χ0n) is 15.1. The van der Waals surface area contributed by atoms with E-state index < -0.39 is 17.7 Å². The Bertz CT molecular complexity index is 951. The lowest BCUT2D eigenvalue weighted by molar-refractivity contribution is 0.0524. The number of aromatic nitrogens is 2. The number of hydrogen-bond donors (Lipinski definition) is 0. The lowest BCUT2D eigenvalue weighted by atomic mass is 10.1. The molecule has 0 atom stereocenters. The molecule has 26 heavy (non-hydrogen) atoms. The number of carbonyl (C=O) groups is 2. The Kier molecular flexibility index (Phi) is 4.82. The molecule has 3 aromatic rings. The molecule has 3 rings (SSSR count). The molecule has 0 aliphatic heterocycles. The van der Waals surface area contributed by atoms with Gasteiger partial charge >= 0.3 is 12.1 Å². The van der Waals surface area contributed by atoms with E-state index in [-0.39, 0.29) is 6.61 Å². The quantitative estimate of drug-likeness (QED) is 0.622. The van der Waals surface area contributed by atoms with Crippen LogP contribution >= 0.6 is 11.3 Å². The van der Waals surface area contributed by atoms with E-state index in [0.717, 1.165) is 4.70 Å². The van der Waals surface area contributed by atoms with Crippen LogP contribution in [0.2, 0.25) is 0 Å². The van der Waals surface area contributed by atoms with Crippen LogP contribution in [0.3, 0.4) is 0 Å². The predicted molar refractivity (Wildman–Crippen MR) is 101 cm³/mol. The van der Waals surface area contributed by atoms with E-state index in [0.29, 0.717) is 21.7 Å². The average Bonchev–Trinajstić information content (AvgIpc) is 3.13. The molecule has 7 heteroatoms. The Labute approximate surface area is 155 Å². The van der Waals surface area contributed by atoms with Crippen molar-refractivity contribution in [3.63, 3.8) is 0 Å². The van der Waals surface area contributed by atoms with Gasteiger partial charge in [-0.15, -0.1) is 11.3 Å².